The third-order valence-corrected chi connectivity index (χ3v) is 5.79. The standard InChI is InChI=1S/C23H33N5O2/c1-18(2)30-22-8-4-3-7-21(22)27-13-11-26(12-14-27)16-19-15-20(25-24-19)17-28-10-6-5-9-23(28)29/h3-4,7-8,15,18H,5-6,9-14,16-17H2,1-2H3,(H,24,25). The first-order valence-electron chi connectivity index (χ1n) is 11.1. The minimum atomic E-state index is 0.168. The number of amides is 1. The van der Waals surface area contributed by atoms with E-state index in [1.165, 1.54) is 5.69 Å². The molecule has 1 aromatic heterocycles. The molecule has 2 aliphatic heterocycles. The van der Waals surface area contributed by atoms with E-state index in [1.54, 1.807) is 0 Å². The molecule has 2 aliphatic rings. The van der Waals surface area contributed by atoms with Crippen LogP contribution in [0.25, 0.3) is 0 Å². The van der Waals surface area contributed by atoms with Gasteiger partial charge in [-0.15, -0.1) is 0 Å². The highest BCUT2D eigenvalue weighted by Crippen LogP contribution is 2.29. The summed E-state index contributed by atoms with van der Waals surface area (Å²) >= 11 is 0. The number of carbonyl (C=O) groups excluding carboxylic acids is 1. The van der Waals surface area contributed by atoms with Crippen LogP contribution in [-0.2, 0) is 17.9 Å². The number of nitrogens with one attached hydrogen (secondary N) is 1. The third-order valence-electron chi connectivity index (χ3n) is 5.79. The Balaban J connectivity index is 1.29. The first-order chi connectivity index (χ1) is 14.6. The lowest BCUT2D eigenvalue weighted by Crippen LogP contribution is -2.46. The van der Waals surface area contributed by atoms with Gasteiger partial charge in [0.15, 0.2) is 0 Å². The smallest absolute Gasteiger partial charge is 0.222 e. The highest BCUT2D eigenvalue weighted by atomic mass is 16.5. The number of aromatic amines is 1. The molecular formula is C23H33N5O2. The molecule has 162 valence electrons. The number of anilines is 1. The molecule has 7 nitrogen and oxygen atoms in total. The van der Waals surface area contributed by atoms with Crippen molar-refractivity contribution in [3.05, 3.63) is 41.7 Å². The molecule has 2 aromatic rings. The van der Waals surface area contributed by atoms with Crippen molar-refractivity contribution in [1.82, 2.24) is 20.0 Å². The molecule has 1 aromatic carbocycles. The average Bonchev–Trinajstić information content (AvgIpc) is 3.17. The van der Waals surface area contributed by atoms with E-state index in [4.69, 9.17) is 4.74 Å². The molecule has 2 saturated heterocycles. The number of rotatable bonds is 7. The van der Waals surface area contributed by atoms with Crippen LogP contribution in [0.4, 0.5) is 5.69 Å². The monoisotopic (exact) mass is 411 g/mol. The summed E-state index contributed by atoms with van der Waals surface area (Å²) in [7, 11) is 0. The van der Waals surface area contributed by atoms with Crippen LogP contribution in [0.2, 0.25) is 0 Å². The zero-order valence-electron chi connectivity index (χ0n) is 18.1. The Labute approximate surface area is 179 Å². The van der Waals surface area contributed by atoms with Crippen LogP contribution in [0.5, 0.6) is 5.75 Å². The van der Waals surface area contributed by atoms with Gasteiger partial charge < -0.3 is 14.5 Å². The Hall–Kier alpha value is -2.54. The second-order valence-corrected chi connectivity index (χ2v) is 8.55. The van der Waals surface area contributed by atoms with Gasteiger partial charge in [-0.3, -0.25) is 14.8 Å². The number of ether oxygens (including phenoxy) is 1. The predicted octanol–water partition coefficient (Wildman–Crippen LogP) is 3.03. The van der Waals surface area contributed by atoms with Crippen molar-refractivity contribution in [1.29, 1.82) is 0 Å². The molecule has 3 heterocycles. The van der Waals surface area contributed by atoms with Crippen LogP contribution in [0.15, 0.2) is 30.3 Å². The van der Waals surface area contributed by atoms with Crippen molar-refractivity contribution in [3.63, 3.8) is 0 Å². The largest absolute Gasteiger partial charge is 0.489 e. The number of hydrogen-bond acceptors (Lipinski definition) is 5. The molecule has 0 unspecified atom stereocenters. The SMILES string of the molecule is CC(C)Oc1ccccc1N1CCN(Cc2cc(CN3CCCCC3=O)[nH]n2)CC1. The van der Waals surface area contributed by atoms with Crippen LogP contribution in [0.3, 0.4) is 0 Å². The lowest BCUT2D eigenvalue weighted by Gasteiger charge is -2.36. The number of aromatic nitrogens is 2. The summed E-state index contributed by atoms with van der Waals surface area (Å²) in [6.07, 6.45) is 2.96. The Morgan fingerprint density at radius 3 is 2.63 bits per heavy atom. The molecule has 4 rings (SSSR count). The Morgan fingerprint density at radius 2 is 1.87 bits per heavy atom. The van der Waals surface area contributed by atoms with Gasteiger partial charge in [0, 0.05) is 45.7 Å². The van der Waals surface area contributed by atoms with Crippen LogP contribution in [-0.4, -0.2) is 64.7 Å². The molecular weight excluding hydrogens is 378 g/mol. The van der Waals surface area contributed by atoms with Crippen molar-refractivity contribution in [2.75, 3.05) is 37.6 Å². The fourth-order valence-electron chi connectivity index (χ4n) is 4.25. The third kappa shape index (κ3) is 5.14. The minimum absolute atomic E-state index is 0.168. The van der Waals surface area contributed by atoms with Crippen LogP contribution < -0.4 is 9.64 Å². The number of hydrogen-bond donors (Lipinski definition) is 1. The Morgan fingerprint density at radius 1 is 1.07 bits per heavy atom. The Kier molecular flexibility index (Phi) is 6.57. The molecule has 1 N–H and O–H groups in total. The first-order valence-corrected chi connectivity index (χ1v) is 11.1. The van der Waals surface area contributed by atoms with Crippen LogP contribution in [0, 0.1) is 0 Å². The zero-order valence-corrected chi connectivity index (χ0v) is 18.1. The van der Waals surface area contributed by atoms with Crippen molar-refractivity contribution < 1.29 is 9.53 Å². The summed E-state index contributed by atoms with van der Waals surface area (Å²) in [5.41, 5.74) is 3.25. The van der Waals surface area contributed by atoms with Gasteiger partial charge >= 0.3 is 0 Å². The number of piperidine rings is 1. The van der Waals surface area contributed by atoms with E-state index < -0.39 is 0 Å². The van der Waals surface area contributed by atoms with Gasteiger partial charge in [-0.1, -0.05) is 12.1 Å². The van der Waals surface area contributed by atoms with E-state index in [-0.39, 0.29) is 12.0 Å². The molecule has 0 bridgehead atoms. The number of likely N-dealkylation sites (tertiary alicyclic amines) is 1. The maximum atomic E-state index is 12.0. The molecule has 0 radical (unpaired) electrons. The quantitative estimate of drug-likeness (QED) is 0.759. The van der Waals surface area contributed by atoms with E-state index in [0.29, 0.717) is 13.0 Å². The number of benzene rings is 1. The molecule has 0 atom stereocenters. The summed E-state index contributed by atoms with van der Waals surface area (Å²) in [6, 6.07) is 10.4. The van der Waals surface area contributed by atoms with E-state index in [2.05, 4.69) is 58.1 Å². The van der Waals surface area contributed by atoms with Gasteiger partial charge in [0.2, 0.25) is 5.91 Å². The molecule has 1 amide bonds. The summed E-state index contributed by atoms with van der Waals surface area (Å²) in [4.78, 5) is 18.8. The molecule has 2 fully saturated rings. The van der Waals surface area contributed by atoms with Crippen LogP contribution >= 0.6 is 0 Å². The van der Waals surface area contributed by atoms with Gasteiger partial charge in [0.05, 0.1) is 29.7 Å². The second kappa shape index (κ2) is 9.51. The summed E-state index contributed by atoms with van der Waals surface area (Å²) in [5, 5.41) is 7.61. The van der Waals surface area contributed by atoms with Crippen molar-refractivity contribution >= 4 is 11.6 Å². The van der Waals surface area contributed by atoms with Crippen molar-refractivity contribution in [2.24, 2.45) is 0 Å². The summed E-state index contributed by atoms with van der Waals surface area (Å²) < 4.78 is 6.00. The van der Waals surface area contributed by atoms with Crippen LogP contribution in [0.1, 0.15) is 44.5 Å². The van der Waals surface area contributed by atoms with Crippen molar-refractivity contribution in [3.8, 4) is 5.75 Å². The zero-order chi connectivity index (χ0) is 20.9. The fourth-order valence-corrected chi connectivity index (χ4v) is 4.25. The fraction of sp³-hybridized carbons (Fsp3) is 0.565. The number of para-hydroxylation sites is 2. The van der Waals surface area contributed by atoms with E-state index in [9.17, 15) is 4.79 Å². The lowest BCUT2D eigenvalue weighted by molar-refractivity contribution is -0.133. The van der Waals surface area contributed by atoms with E-state index in [0.717, 1.165) is 69.2 Å². The maximum absolute atomic E-state index is 12.0. The number of nitrogens with zero attached hydrogens (tertiary/aromatic N) is 4. The van der Waals surface area contributed by atoms with Crippen molar-refractivity contribution in [2.45, 2.75) is 52.3 Å². The number of H-pyrrole nitrogens is 1. The van der Waals surface area contributed by atoms with Gasteiger partial charge in [0.25, 0.3) is 0 Å². The lowest BCUT2D eigenvalue weighted by atomic mass is 10.1. The number of carbonyl (C=O) groups is 1. The average molecular weight is 412 g/mol. The van der Waals surface area contributed by atoms with E-state index in [1.807, 2.05) is 11.0 Å². The normalized spacial score (nSPS) is 18.3. The number of piperazine rings is 1. The van der Waals surface area contributed by atoms with Gasteiger partial charge in [-0.2, -0.15) is 5.10 Å². The highest BCUT2D eigenvalue weighted by molar-refractivity contribution is 5.76. The van der Waals surface area contributed by atoms with Gasteiger partial charge in [-0.05, 0) is 44.9 Å². The summed E-state index contributed by atoms with van der Waals surface area (Å²) in [5.74, 6) is 1.22. The molecule has 0 saturated carbocycles. The molecule has 0 spiro atoms. The predicted molar refractivity (Wildman–Crippen MR) is 118 cm³/mol. The minimum Gasteiger partial charge on any atom is -0.489 e. The molecule has 30 heavy (non-hydrogen) atoms. The molecule has 0 aliphatic carbocycles. The maximum Gasteiger partial charge on any atom is 0.222 e. The van der Waals surface area contributed by atoms with Gasteiger partial charge in [0.1, 0.15) is 5.75 Å². The molecule has 7 heteroatoms. The Bertz CT molecular complexity index is 842. The summed E-state index contributed by atoms with van der Waals surface area (Å²) in [6.45, 7) is 10.4. The topological polar surface area (TPSA) is 64.7 Å². The van der Waals surface area contributed by atoms with E-state index >= 15 is 0 Å². The second-order valence-electron chi connectivity index (χ2n) is 8.55. The van der Waals surface area contributed by atoms with Gasteiger partial charge in [-0.25, -0.2) is 0 Å². The highest BCUT2D eigenvalue weighted by Gasteiger charge is 2.22. The first kappa shape index (κ1) is 20.7.